The van der Waals surface area contributed by atoms with Gasteiger partial charge in [-0.1, -0.05) is 6.07 Å². The number of aromatic nitrogens is 3. The molecule has 1 heterocycles. The van der Waals surface area contributed by atoms with Crippen LogP contribution < -0.4 is 15.8 Å². The van der Waals surface area contributed by atoms with Crippen molar-refractivity contribution in [2.45, 2.75) is 13.8 Å². The van der Waals surface area contributed by atoms with Crippen LogP contribution in [0.15, 0.2) is 22.7 Å². The Morgan fingerprint density at radius 1 is 1.32 bits per heavy atom. The third kappa shape index (κ3) is 3.54. The number of ether oxygens (including phenoxy) is 1. The number of anilines is 3. The Balaban J connectivity index is 2.29. The molecule has 1 aromatic heterocycles. The van der Waals surface area contributed by atoms with Gasteiger partial charge in [-0.05, 0) is 47.5 Å². The van der Waals surface area contributed by atoms with Crippen LogP contribution >= 0.6 is 15.9 Å². The molecule has 0 saturated heterocycles. The first-order chi connectivity index (χ1) is 9.08. The summed E-state index contributed by atoms with van der Waals surface area (Å²) in [6, 6.07) is 6.14. The first-order valence-electron chi connectivity index (χ1n) is 5.76. The molecule has 0 atom stereocenters. The maximum absolute atomic E-state index is 5.62. The van der Waals surface area contributed by atoms with Gasteiger partial charge in [-0.2, -0.15) is 15.0 Å². The minimum absolute atomic E-state index is 0.115. The number of halogens is 1. The van der Waals surface area contributed by atoms with E-state index in [9.17, 15) is 0 Å². The summed E-state index contributed by atoms with van der Waals surface area (Å²) >= 11 is 3.46. The number of benzene rings is 1. The van der Waals surface area contributed by atoms with Crippen LogP contribution in [0.25, 0.3) is 0 Å². The van der Waals surface area contributed by atoms with Crippen LogP contribution in [-0.2, 0) is 0 Å². The molecule has 0 saturated carbocycles. The molecule has 0 unspecified atom stereocenters. The molecule has 0 radical (unpaired) electrons. The SMILES string of the molecule is CCOc1nc(N)nc(Nc2cc(C)ccc2Br)n1. The highest BCUT2D eigenvalue weighted by molar-refractivity contribution is 9.10. The van der Waals surface area contributed by atoms with Crippen LogP contribution in [-0.4, -0.2) is 21.6 Å². The average Bonchev–Trinajstić information content (AvgIpc) is 2.33. The predicted molar refractivity (Wildman–Crippen MR) is 77.6 cm³/mol. The van der Waals surface area contributed by atoms with E-state index in [0.29, 0.717) is 12.6 Å². The minimum Gasteiger partial charge on any atom is -0.464 e. The maximum Gasteiger partial charge on any atom is 0.323 e. The summed E-state index contributed by atoms with van der Waals surface area (Å²) in [5.41, 5.74) is 7.59. The normalized spacial score (nSPS) is 10.3. The third-order valence-electron chi connectivity index (χ3n) is 2.27. The van der Waals surface area contributed by atoms with Gasteiger partial charge in [0.25, 0.3) is 0 Å². The second-order valence-electron chi connectivity index (χ2n) is 3.84. The Labute approximate surface area is 119 Å². The number of nitrogens with one attached hydrogen (secondary N) is 1. The van der Waals surface area contributed by atoms with Crippen molar-refractivity contribution in [1.29, 1.82) is 0 Å². The summed E-state index contributed by atoms with van der Waals surface area (Å²) in [6.07, 6.45) is 0. The maximum atomic E-state index is 5.62. The second-order valence-corrected chi connectivity index (χ2v) is 4.70. The molecule has 0 aliphatic heterocycles. The number of nitrogens with zero attached hydrogens (tertiary/aromatic N) is 3. The molecule has 0 spiro atoms. The van der Waals surface area contributed by atoms with Gasteiger partial charge in [-0.15, -0.1) is 0 Å². The van der Waals surface area contributed by atoms with E-state index >= 15 is 0 Å². The monoisotopic (exact) mass is 323 g/mol. The van der Waals surface area contributed by atoms with Gasteiger partial charge in [0.1, 0.15) is 0 Å². The predicted octanol–water partition coefficient (Wildman–Crippen LogP) is 2.67. The number of nitrogen functional groups attached to an aromatic ring is 1. The molecule has 0 amide bonds. The summed E-state index contributed by atoms with van der Waals surface area (Å²) in [5.74, 6) is 0.465. The Hall–Kier alpha value is -1.89. The molecule has 2 rings (SSSR count). The Morgan fingerprint density at radius 3 is 2.84 bits per heavy atom. The van der Waals surface area contributed by atoms with E-state index in [1.807, 2.05) is 32.0 Å². The van der Waals surface area contributed by atoms with Crippen LogP contribution in [0.3, 0.4) is 0 Å². The molecule has 19 heavy (non-hydrogen) atoms. The zero-order valence-electron chi connectivity index (χ0n) is 10.6. The van der Waals surface area contributed by atoms with Crippen molar-refractivity contribution in [3.05, 3.63) is 28.2 Å². The van der Waals surface area contributed by atoms with Crippen LogP contribution in [0, 0.1) is 6.92 Å². The number of aryl methyl sites for hydroxylation is 1. The smallest absolute Gasteiger partial charge is 0.323 e. The molecular weight excluding hydrogens is 310 g/mol. The lowest BCUT2D eigenvalue weighted by Crippen LogP contribution is -2.07. The lowest BCUT2D eigenvalue weighted by Gasteiger charge is -2.09. The van der Waals surface area contributed by atoms with Crippen molar-refractivity contribution in [1.82, 2.24) is 15.0 Å². The first kappa shape index (κ1) is 13.5. The van der Waals surface area contributed by atoms with Gasteiger partial charge < -0.3 is 15.8 Å². The fraction of sp³-hybridized carbons (Fsp3) is 0.250. The number of hydrogen-bond donors (Lipinski definition) is 2. The van der Waals surface area contributed by atoms with E-state index in [2.05, 4.69) is 36.2 Å². The Bertz CT molecular complexity index is 590. The van der Waals surface area contributed by atoms with E-state index in [0.717, 1.165) is 15.7 Å². The van der Waals surface area contributed by atoms with Crippen LogP contribution in [0.1, 0.15) is 12.5 Å². The molecule has 0 bridgehead atoms. The van der Waals surface area contributed by atoms with Gasteiger partial charge in [0.15, 0.2) is 0 Å². The lowest BCUT2D eigenvalue weighted by molar-refractivity contribution is 0.312. The number of hydrogen-bond acceptors (Lipinski definition) is 6. The Kier molecular flexibility index (Phi) is 4.16. The summed E-state index contributed by atoms with van der Waals surface area (Å²) < 4.78 is 6.14. The summed E-state index contributed by atoms with van der Waals surface area (Å²) in [6.45, 7) is 4.33. The van der Waals surface area contributed by atoms with Gasteiger partial charge >= 0.3 is 6.01 Å². The van der Waals surface area contributed by atoms with Crippen LogP contribution in [0.2, 0.25) is 0 Å². The lowest BCUT2D eigenvalue weighted by atomic mass is 10.2. The largest absolute Gasteiger partial charge is 0.464 e. The van der Waals surface area contributed by atoms with Crippen molar-refractivity contribution in [3.8, 4) is 6.01 Å². The molecule has 100 valence electrons. The molecule has 0 aliphatic carbocycles. The van der Waals surface area contributed by atoms with Crippen molar-refractivity contribution < 1.29 is 4.74 Å². The number of nitrogens with two attached hydrogens (primary N) is 1. The molecule has 2 aromatic rings. The third-order valence-corrected chi connectivity index (χ3v) is 2.97. The van der Waals surface area contributed by atoms with E-state index in [4.69, 9.17) is 10.5 Å². The van der Waals surface area contributed by atoms with E-state index in [1.165, 1.54) is 0 Å². The van der Waals surface area contributed by atoms with Gasteiger partial charge in [0.05, 0.1) is 12.3 Å². The van der Waals surface area contributed by atoms with Crippen LogP contribution in [0.5, 0.6) is 6.01 Å². The molecule has 0 aliphatic rings. The van der Waals surface area contributed by atoms with E-state index in [1.54, 1.807) is 0 Å². The van der Waals surface area contributed by atoms with Gasteiger partial charge in [0.2, 0.25) is 11.9 Å². The Morgan fingerprint density at radius 2 is 2.11 bits per heavy atom. The summed E-state index contributed by atoms with van der Waals surface area (Å²) in [5, 5.41) is 3.08. The van der Waals surface area contributed by atoms with Crippen LogP contribution in [0.4, 0.5) is 17.6 Å². The minimum atomic E-state index is 0.115. The van der Waals surface area contributed by atoms with Gasteiger partial charge in [-0.3, -0.25) is 0 Å². The second kappa shape index (κ2) is 5.83. The topological polar surface area (TPSA) is 86.0 Å². The molecule has 7 heteroatoms. The van der Waals surface area contributed by atoms with Crippen molar-refractivity contribution in [2.75, 3.05) is 17.7 Å². The van der Waals surface area contributed by atoms with Gasteiger partial charge in [0, 0.05) is 4.47 Å². The fourth-order valence-corrected chi connectivity index (χ4v) is 1.82. The highest BCUT2D eigenvalue weighted by atomic mass is 79.9. The van der Waals surface area contributed by atoms with E-state index < -0.39 is 0 Å². The van der Waals surface area contributed by atoms with Crippen molar-refractivity contribution in [3.63, 3.8) is 0 Å². The van der Waals surface area contributed by atoms with Crippen molar-refractivity contribution in [2.24, 2.45) is 0 Å². The number of rotatable bonds is 4. The first-order valence-corrected chi connectivity index (χ1v) is 6.55. The zero-order chi connectivity index (χ0) is 13.8. The average molecular weight is 324 g/mol. The fourth-order valence-electron chi connectivity index (χ4n) is 1.48. The van der Waals surface area contributed by atoms with Gasteiger partial charge in [-0.25, -0.2) is 0 Å². The van der Waals surface area contributed by atoms with Crippen molar-refractivity contribution >= 4 is 33.5 Å². The molecule has 3 N–H and O–H groups in total. The molecule has 6 nitrogen and oxygen atoms in total. The highest BCUT2D eigenvalue weighted by Crippen LogP contribution is 2.26. The summed E-state index contributed by atoms with van der Waals surface area (Å²) in [4.78, 5) is 12.0. The molecule has 1 aromatic carbocycles. The molecule has 0 fully saturated rings. The standard InChI is InChI=1S/C12H14BrN5O/c1-3-19-12-17-10(14)16-11(18-12)15-9-6-7(2)4-5-8(9)13/h4-6H,3H2,1-2H3,(H3,14,15,16,17,18). The quantitative estimate of drug-likeness (QED) is 0.899. The summed E-state index contributed by atoms with van der Waals surface area (Å²) in [7, 11) is 0. The highest BCUT2D eigenvalue weighted by Gasteiger charge is 2.07. The molecular formula is C12H14BrN5O. The van der Waals surface area contributed by atoms with E-state index in [-0.39, 0.29) is 12.0 Å². The zero-order valence-corrected chi connectivity index (χ0v) is 12.2.